The van der Waals surface area contributed by atoms with Crippen LogP contribution in [0.3, 0.4) is 0 Å². The van der Waals surface area contributed by atoms with Crippen LogP contribution in [0.4, 0.5) is 0 Å². The summed E-state index contributed by atoms with van der Waals surface area (Å²) < 4.78 is 0. The van der Waals surface area contributed by atoms with E-state index in [0.717, 1.165) is 30.9 Å². The second kappa shape index (κ2) is 8.31. The van der Waals surface area contributed by atoms with Crippen molar-refractivity contribution in [3.63, 3.8) is 0 Å². The Bertz CT molecular complexity index is 332. The summed E-state index contributed by atoms with van der Waals surface area (Å²) >= 11 is 0. The third-order valence-electron chi connectivity index (χ3n) is 4.33. The van der Waals surface area contributed by atoms with E-state index in [0.29, 0.717) is 0 Å². The van der Waals surface area contributed by atoms with E-state index in [1.807, 2.05) is 24.4 Å². The first kappa shape index (κ1) is 14.5. The van der Waals surface area contributed by atoms with Crippen molar-refractivity contribution in [1.29, 1.82) is 0 Å². The standard InChI is InChI=1S/C17H27NO/c19-17(13-12-16-10-4-5-14-18-16)11-6-9-15-7-2-1-3-8-15/h4-5,10,14-15,17,19H,1-3,6-9,11-13H2. The minimum absolute atomic E-state index is 0.148. The summed E-state index contributed by atoms with van der Waals surface area (Å²) in [6.45, 7) is 0. The molecule has 0 saturated heterocycles. The molecule has 2 nitrogen and oxygen atoms in total. The van der Waals surface area contributed by atoms with Crippen LogP contribution >= 0.6 is 0 Å². The molecule has 1 saturated carbocycles. The lowest BCUT2D eigenvalue weighted by Crippen LogP contribution is -2.11. The molecule has 1 heterocycles. The van der Waals surface area contributed by atoms with Gasteiger partial charge < -0.3 is 5.11 Å². The fraction of sp³-hybridized carbons (Fsp3) is 0.706. The summed E-state index contributed by atoms with van der Waals surface area (Å²) in [7, 11) is 0. The van der Waals surface area contributed by atoms with Crippen molar-refractivity contribution in [3.8, 4) is 0 Å². The van der Waals surface area contributed by atoms with Crippen LogP contribution in [0.1, 0.15) is 63.5 Å². The van der Waals surface area contributed by atoms with Crippen molar-refractivity contribution in [2.24, 2.45) is 5.92 Å². The van der Waals surface area contributed by atoms with Crippen LogP contribution in [-0.2, 0) is 6.42 Å². The van der Waals surface area contributed by atoms with Gasteiger partial charge in [0.1, 0.15) is 0 Å². The topological polar surface area (TPSA) is 33.1 Å². The first-order chi connectivity index (χ1) is 9.34. The molecule has 2 rings (SSSR count). The highest BCUT2D eigenvalue weighted by atomic mass is 16.3. The Morgan fingerprint density at radius 1 is 1.16 bits per heavy atom. The Morgan fingerprint density at radius 3 is 2.74 bits per heavy atom. The second-order valence-electron chi connectivity index (χ2n) is 5.95. The van der Waals surface area contributed by atoms with Gasteiger partial charge in [0.15, 0.2) is 0 Å². The number of aliphatic hydroxyl groups is 1. The number of pyridine rings is 1. The number of hydrogen-bond acceptors (Lipinski definition) is 2. The van der Waals surface area contributed by atoms with Gasteiger partial charge in [-0.05, 0) is 37.3 Å². The van der Waals surface area contributed by atoms with Gasteiger partial charge in [-0.25, -0.2) is 0 Å². The highest BCUT2D eigenvalue weighted by molar-refractivity contribution is 5.03. The van der Waals surface area contributed by atoms with Gasteiger partial charge in [0.05, 0.1) is 6.10 Å². The van der Waals surface area contributed by atoms with E-state index in [4.69, 9.17) is 0 Å². The lowest BCUT2D eigenvalue weighted by atomic mass is 9.85. The number of nitrogens with zero attached hydrogens (tertiary/aromatic N) is 1. The van der Waals surface area contributed by atoms with Gasteiger partial charge in [0.25, 0.3) is 0 Å². The molecule has 0 radical (unpaired) electrons. The number of aryl methyl sites for hydroxylation is 1. The quantitative estimate of drug-likeness (QED) is 0.800. The summed E-state index contributed by atoms with van der Waals surface area (Å²) in [4.78, 5) is 4.29. The number of rotatable bonds is 7. The van der Waals surface area contributed by atoms with Gasteiger partial charge in [0.2, 0.25) is 0 Å². The zero-order valence-electron chi connectivity index (χ0n) is 11.9. The monoisotopic (exact) mass is 261 g/mol. The van der Waals surface area contributed by atoms with Crippen molar-refractivity contribution >= 4 is 0 Å². The predicted molar refractivity (Wildman–Crippen MR) is 79.0 cm³/mol. The lowest BCUT2D eigenvalue weighted by molar-refractivity contribution is 0.147. The summed E-state index contributed by atoms with van der Waals surface area (Å²) in [5.74, 6) is 0.941. The first-order valence-corrected chi connectivity index (χ1v) is 7.92. The molecule has 0 bridgehead atoms. The molecular weight excluding hydrogens is 234 g/mol. The molecule has 1 aliphatic rings. The molecule has 1 aromatic heterocycles. The average molecular weight is 261 g/mol. The normalized spacial score (nSPS) is 18.4. The van der Waals surface area contributed by atoms with Crippen molar-refractivity contribution in [3.05, 3.63) is 30.1 Å². The molecule has 1 N–H and O–H groups in total. The van der Waals surface area contributed by atoms with Crippen molar-refractivity contribution in [2.45, 2.75) is 70.3 Å². The minimum Gasteiger partial charge on any atom is -0.393 e. The SMILES string of the molecule is OC(CCCC1CCCCC1)CCc1ccccn1. The Hall–Kier alpha value is -0.890. The molecule has 0 aliphatic heterocycles. The van der Waals surface area contributed by atoms with E-state index >= 15 is 0 Å². The van der Waals surface area contributed by atoms with Crippen LogP contribution < -0.4 is 0 Å². The van der Waals surface area contributed by atoms with Crippen LogP contribution in [0.25, 0.3) is 0 Å². The predicted octanol–water partition coefficient (Wildman–Crippen LogP) is 4.13. The maximum Gasteiger partial charge on any atom is 0.0544 e. The van der Waals surface area contributed by atoms with Gasteiger partial charge in [-0.15, -0.1) is 0 Å². The maximum absolute atomic E-state index is 10.0. The summed E-state index contributed by atoms with van der Waals surface area (Å²) in [6.07, 6.45) is 14.0. The van der Waals surface area contributed by atoms with Gasteiger partial charge in [-0.2, -0.15) is 0 Å². The molecule has 1 aromatic rings. The molecule has 2 heteroatoms. The third kappa shape index (κ3) is 5.73. The molecule has 1 atom stereocenters. The Labute approximate surface area is 117 Å². The van der Waals surface area contributed by atoms with Crippen LogP contribution in [0, 0.1) is 5.92 Å². The van der Waals surface area contributed by atoms with E-state index in [1.165, 1.54) is 44.9 Å². The Kier molecular flexibility index (Phi) is 6.35. The molecule has 0 spiro atoms. The molecule has 1 unspecified atom stereocenters. The number of aliphatic hydroxyl groups excluding tert-OH is 1. The molecule has 1 fully saturated rings. The molecule has 1 aliphatic carbocycles. The average Bonchev–Trinajstić information content (AvgIpc) is 2.47. The van der Waals surface area contributed by atoms with Crippen LogP contribution in [0.15, 0.2) is 24.4 Å². The zero-order chi connectivity index (χ0) is 13.3. The van der Waals surface area contributed by atoms with Crippen LogP contribution in [0.2, 0.25) is 0 Å². The fourth-order valence-corrected chi connectivity index (χ4v) is 3.12. The Morgan fingerprint density at radius 2 is 2.00 bits per heavy atom. The van der Waals surface area contributed by atoms with E-state index < -0.39 is 0 Å². The molecule has 19 heavy (non-hydrogen) atoms. The van der Waals surface area contributed by atoms with Gasteiger partial charge in [0, 0.05) is 11.9 Å². The van der Waals surface area contributed by atoms with Crippen LogP contribution in [0.5, 0.6) is 0 Å². The molecule has 0 amide bonds. The maximum atomic E-state index is 10.0. The smallest absolute Gasteiger partial charge is 0.0544 e. The highest BCUT2D eigenvalue weighted by Gasteiger charge is 2.13. The summed E-state index contributed by atoms with van der Waals surface area (Å²) in [5.41, 5.74) is 1.09. The third-order valence-corrected chi connectivity index (χ3v) is 4.33. The molecule has 106 valence electrons. The Balaban J connectivity index is 1.55. The van der Waals surface area contributed by atoms with Gasteiger partial charge >= 0.3 is 0 Å². The van der Waals surface area contributed by atoms with Crippen molar-refractivity contribution in [1.82, 2.24) is 4.98 Å². The second-order valence-corrected chi connectivity index (χ2v) is 5.95. The highest BCUT2D eigenvalue weighted by Crippen LogP contribution is 2.28. The first-order valence-electron chi connectivity index (χ1n) is 7.92. The molecular formula is C17H27NO. The van der Waals surface area contributed by atoms with E-state index in [1.54, 1.807) is 0 Å². The largest absolute Gasteiger partial charge is 0.393 e. The van der Waals surface area contributed by atoms with Gasteiger partial charge in [-0.1, -0.05) is 51.0 Å². The van der Waals surface area contributed by atoms with Crippen molar-refractivity contribution in [2.75, 3.05) is 0 Å². The van der Waals surface area contributed by atoms with E-state index in [2.05, 4.69) is 4.98 Å². The minimum atomic E-state index is -0.148. The zero-order valence-corrected chi connectivity index (χ0v) is 11.9. The van der Waals surface area contributed by atoms with Crippen LogP contribution in [-0.4, -0.2) is 16.2 Å². The number of hydrogen-bond donors (Lipinski definition) is 1. The number of aromatic nitrogens is 1. The summed E-state index contributed by atoms with van der Waals surface area (Å²) in [5, 5.41) is 10.0. The van der Waals surface area contributed by atoms with Crippen molar-refractivity contribution < 1.29 is 5.11 Å². The van der Waals surface area contributed by atoms with E-state index in [9.17, 15) is 5.11 Å². The summed E-state index contributed by atoms with van der Waals surface area (Å²) in [6, 6.07) is 5.98. The molecule has 0 aromatic carbocycles. The van der Waals surface area contributed by atoms with E-state index in [-0.39, 0.29) is 6.10 Å². The lowest BCUT2D eigenvalue weighted by Gasteiger charge is -2.21. The van der Waals surface area contributed by atoms with Gasteiger partial charge in [-0.3, -0.25) is 4.98 Å². The fourth-order valence-electron chi connectivity index (χ4n) is 3.12.